The fourth-order valence-corrected chi connectivity index (χ4v) is 2.46. The van der Waals surface area contributed by atoms with Crippen molar-refractivity contribution in [3.8, 4) is 23.0 Å². The average molecular weight is 374 g/mol. The number of hydrogen-bond acceptors (Lipinski definition) is 7. The van der Waals surface area contributed by atoms with Gasteiger partial charge in [0.1, 0.15) is 17.1 Å². The lowest BCUT2D eigenvalue weighted by Gasteiger charge is -2.16. The van der Waals surface area contributed by atoms with Gasteiger partial charge in [-0.1, -0.05) is 0 Å². The molecule has 0 spiro atoms. The van der Waals surface area contributed by atoms with Gasteiger partial charge in [0.15, 0.2) is 17.6 Å². The molecule has 0 N–H and O–H groups in total. The minimum atomic E-state index is -0.983. The van der Waals surface area contributed by atoms with Gasteiger partial charge < -0.3 is 23.7 Å². The van der Waals surface area contributed by atoms with Crippen molar-refractivity contribution in [3.05, 3.63) is 47.5 Å². The summed E-state index contributed by atoms with van der Waals surface area (Å²) in [6.07, 6.45) is -0.983. The van der Waals surface area contributed by atoms with Crippen LogP contribution in [0.1, 0.15) is 27.6 Å². The maximum atomic E-state index is 12.6. The smallest absolute Gasteiger partial charge is 0.342 e. The van der Waals surface area contributed by atoms with Crippen molar-refractivity contribution in [1.29, 1.82) is 0 Å². The number of benzene rings is 2. The maximum absolute atomic E-state index is 12.6. The van der Waals surface area contributed by atoms with Gasteiger partial charge in [0.25, 0.3) is 0 Å². The predicted molar refractivity (Wildman–Crippen MR) is 98.3 cm³/mol. The van der Waals surface area contributed by atoms with Crippen LogP contribution >= 0.6 is 0 Å². The van der Waals surface area contributed by atoms with Gasteiger partial charge in [-0.15, -0.1) is 0 Å². The van der Waals surface area contributed by atoms with Crippen LogP contribution in [-0.4, -0.2) is 46.3 Å². The van der Waals surface area contributed by atoms with Gasteiger partial charge in [0, 0.05) is 17.7 Å². The Morgan fingerprint density at radius 3 is 1.85 bits per heavy atom. The summed E-state index contributed by atoms with van der Waals surface area (Å²) in [4.78, 5) is 25.1. The molecule has 0 radical (unpaired) electrons. The number of rotatable bonds is 8. The third-order valence-corrected chi connectivity index (χ3v) is 3.95. The van der Waals surface area contributed by atoms with Crippen molar-refractivity contribution in [2.75, 3.05) is 28.4 Å². The highest BCUT2D eigenvalue weighted by Crippen LogP contribution is 2.35. The minimum absolute atomic E-state index is 0.129. The van der Waals surface area contributed by atoms with Crippen molar-refractivity contribution < 1.29 is 33.3 Å². The molecule has 7 heteroatoms. The van der Waals surface area contributed by atoms with Crippen LogP contribution in [0.25, 0.3) is 0 Å². The Kier molecular flexibility index (Phi) is 6.65. The fraction of sp³-hybridized carbons (Fsp3) is 0.300. The van der Waals surface area contributed by atoms with Crippen molar-refractivity contribution in [3.63, 3.8) is 0 Å². The van der Waals surface area contributed by atoms with Gasteiger partial charge >= 0.3 is 5.97 Å². The zero-order valence-corrected chi connectivity index (χ0v) is 15.9. The molecule has 27 heavy (non-hydrogen) atoms. The molecule has 2 rings (SSSR count). The van der Waals surface area contributed by atoms with Crippen molar-refractivity contribution in [1.82, 2.24) is 0 Å². The quantitative estimate of drug-likeness (QED) is 0.519. The van der Waals surface area contributed by atoms with Crippen LogP contribution in [-0.2, 0) is 4.74 Å². The second kappa shape index (κ2) is 8.93. The Bertz CT molecular complexity index is 812. The summed E-state index contributed by atoms with van der Waals surface area (Å²) in [6.45, 7) is 1.51. The first kappa shape index (κ1) is 20.1. The van der Waals surface area contributed by atoms with Crippen LogP contribution in [0.4, 0.5) is 0 Å². The largest absolute Gasteiger partial charge is 0.497 e. The highest BCUT2D eigenvalue weighted by atomic mass is 16.5. The van der Waals surface area contributed by atoms with E-state index in [-0.39, 0.29) is 17.1 Å². The molecule has 2 aromatic rings. The number of hydrogen-bond donors (Lipinski definition) is 0. The summed E-state index contributed by atoms with van der Waals surface area (Å²) >= 11 is 0. The summed E-state index contributed by atoms with van der Waals surface area (Å²) in [5.41, 5.74) is 0.542. The Labute approximate surface area is 157 Å². The number of ketones is 1. The molecule has 7 nitrogen and oxygen atoms in total. The van der Waals surface area contributed by atoms with Crippen LogP contribution in [0.15, 0.2) is 36.4 Å². The van der Waals surface area contributed by atoms with Crippen molar-refractivity contribution >= 4 is 11.8 Å². The van der Waals surface area contributed by atoms with Crippen LogP contribution in [0.3, 0.4) is 0 Å². The Morgan fingerprint density at radius 2 is 1.33 bits per heavy atom. The Morgan fingerprint density at radius 1 is 0.778 bits per heavy atom. The summed E-state index contributed by atoms with van der Waals surface area (Å²) in [7, 11) is 5.89. The molecule has 2 aromatic carbocycles. The molecule has 0 aromatic heterocycles. The van der Waals surface area contributed by atoms with E-state index in [1.807, 2.05) is 0 Å². The molecule has 0 fully saturated rings. The highest BCUT2D eigenvalue weighted by molar-refractivity contribution is 6.02. The van der Waals surface area contributed by atoms with E-state index in [4.69, 9.17) is 23.7 Å². The maximum Gasteiger partial charge on any atom is 0.342 e. The number of Topliss-reactive ketones (excluding diaryl/α,β-unsaturated/α-hetero) is 1. The SMILES string of the molecule is COc1ccc(C(=O)[C@H](C)OC(=O)c2cc(OC)c(OC)cc2OC)cc1. The summed E-state index contributed by atoms with van der Waals surface area (Å²) < 4.78 is 26.0. The van der Waals surface area contributed by atoms with Crippen LogP contribution in [0.5, 0.6) is 23.0 Å². The van der Waals surface area contributed by atoms with Gasteiger partial charge in [-0.25, -0.2) is 4.79 Å². The Hall–Kier alpha value is -3.22. The molecule has 1 atom stereocenters. The van der Waals surface area contributed by atoms with E-state index in [9.17, 15) is 9.59 Å². The second-order valence-electron chi connectivity index (χ2n) is 5.55. The minimum Gasteiger partial charge on any atom is -0.497 e. The first-order valence-corrected chi connectivity index (χ1v) is 8.14. The standard InChI is InChI=1S/C20H22O7/c1-12(19(21)13-6-8-14(23-2)9-7-13)27-20(22)15-10-17(25-4)18(26-5)11-16(15)24-3/h6-12H,1-5H3/t12-/m0/s1. The number of ether oxygens (including phenoxy) is 5. The van der Waals surface area contributed by atoms with Gasteiger partial charge in [-0.2, -0.15) is 0 Å². The van der Waals surface area contributed by atoms with Crippen LogP contribution < -0.4 is 18.9 Å². The molecule has 0 amide bonds. The van der Waals surface area contributed by atoms with Crippen molar-refractivity contribution in [2.24, 2.45) is 0 Å². The molecule has 0 unspecified atom stereocenters. The molecule has 144 valence electrons. The molecular formula is C20H22O7. The summed E-state index contributed by atoms with van der Waals surface area (Å²) in [5, 5.41) is 0. The lowest BCUT2D eigenvalue weighted by molar-refractivity contribution is 0.0315. The van der Waals surface area contributed by atoms with Crippen molar-refractivity contribution in [2.45, 2.75) is 13.0 Å². The van der Waals surface area contributed by atoms with Crippen LogP contribution in [0, 0.1) is 0 Å². The lowest BCUT2D eigenvalue weighted by atomic mass is 10.1. The van der Waals surface area contributed by atoms with E-state index in [1.54, 1.807) is 24.3 Å². The first-order chi connectivity index (χ1) is 12.9. The van der Waals surface area contributed by atoms with Gasteiger partial charge in [0.05, 0.1) is 28.4 Å². The zero-order valence-electron chi connectivity index (χ0n) is 15.9. The molecular weight excluding hydrogens is 352 g/mol. The van der Waals surface area contributed by atoms with Gasteiger partial charge in [0.2, 0.25) is 5.78 Å². The average Bonchev–Trinajstić information content (AvgIpc) is 2.71. The molecule has 0 saturated carbocycles. The molecule has 0 bridgehead atoms. The zero-order chi connectivity index (χ0) is 20.0. The normalized spacial score (nSPS) is 11.3. The van der Waals surface area contributed by atoms with Gasteiger partial charge in [-0.05, 0) is 31.2 Å². The van der Waals surface area contributed by atoms with E-state index in [0.29, 0.717) is 22.8 Å². The monoisotopic (exact) mass is 374 g/mol. The summed E-state index contributed by atoms with van der Waals surface area (Å²) in [6, 6.07) is 9.53. The lowest BCUT2D eigenvalue weighted by Crippen LogP contribution is -2.24. The predicted octanol–water partition coefficient (Wildman–Crippen LogP) is 3.15. The van der Waals surface area contributed by atoms with Gasteiger partial charge in [-0.3, -0.25) is 4.79 Å². The van der Waals surface area contributed by atoms with E-state index < -0.39 is 12.1 Å². The number of carbonyl (C=O) groups excluding carboxylic acids is 2. The molecule has 0 saturated heterocycles. The number of methoxy groups -OCH3 is 4. The van der Waals surface area contributed by atoms with E-state index >= 15 is 0 Å². The molecule has 0 aliphatic heterocycles. The Balaban J connectivity index is 2.21. The third-order valence-electron chi connectivity index (χ3n) is 3.95. The highest BCUT2D eigenvalue weighted by Gasteiger charge is 2.24. The topological polar surface area (TPSA) is 80.3 Å². The second-order valence-corrected chi connectivity index (χ2v) is 5.55. The third kappa shape index (κ3) is 4.49. The van der Waals surface area contributed by atoms with E-state index in [0.717, 1.165) is 0 Å². The molecule has 0 heterocycles. The number of carbonyl (C=O) groups is 2. The first-order valence-electron chi connectivity index (χ1n) is 8.14. The van der Waals surface area contributed by atoms with E-state index in [2.05, 4.69) is 0 Å². The fourth-order valence-electron chi connectivity index (χ4n) is 2.46. The number of esters is 1. The summed E-state index contributed by atoms with van der Waals surface area (Å²) in [5.74, 6) is 0.605. The molecule has 0 aliphatic rings. The van der Waals surface area contributed by atoms with E-state index in [1.165, 1.54) is 47.5 Å². The van der Waals surface area contributed by atoms with Crippen LogP contribution in [0.2, 0.25) is 0 Å². The molecule has 0 aliphatic carbocycles.